The van der Waals surface area contributed by atoms with Crippen LogP contribution in [0.25, 0.3) is 10.6 Å². The summed E-state index contributed by atoms with van der Waals surface area (Å²) in [7, 11) is 0. The average molecular weight is 291 g/mol. The van der Waals surface area contributed by atoms with Crippen molar-refractivity contribution in [2.75, 3.05) is 5.73 Å². The molecular formula is C8H5BrClN3S. The molecule has 0 bridgehead atoms. The number of aromatic nitrogens is 2. The van der Waals surface area contributed by atoms with E-state index in [2.05, 4.69) is 26.1 Å². The Labute approximate surface area is 98.0 Å². The minimum atomic E-state index is 0.441. The van der Waals surface area contributed by atoms with Crippen molar-refractivity contribution >= 4 is 44.0 Å². The Hall–Kier alpha value is -0.650. The van der Waals surface area contributed by atoms with Gasteiger partial charge in [-0.25, -0.2) is 0 Å². The largest absolute Gasteiger partial charge is 0.374 e. The smallest absolute Gasteiger partial charge is 0.203 e. The Balaban J connectivity index is 2.55. The van der Waals surface area contributed by atoms with Crippen molar-refractivity contribution in [2.24, 2.45) is 0 Å². The number of hydrogen-bond acceptors (Lipinski definition) is 4. The summed E-state index contributed by atoms with van der Waals surface area (Å²) in [5, 5.41) is 9.48. The molecule has 0 radical (unpaired) electrons. The van der Waals surface area contributed by atoms with E-state index in [4.69, 9.17) is 17.3 Å². The lowest BCUT2D eigenvalue weighted by Crippen LogP contribution is -1.80. The van der Waals surface area contributed by atoms with E-state index in [-0.39, 0.29) is 0 Å². The van der Waals surface area contributed by atoms with Gasteiger partial charge in [0, 0.05) is 10.0 Å². The molecule has 0 saturated carbocycles. The fraction of sp³-hybridized carbons (Fsp3) is 0. The first-order valence-corrected chi connectivity index (χ1v) is 5.70. The van der Waals surface area contributed by atoms with Gasteiger partial charge in [0.15, 0.2) is 5.01 Å². The van der Waals surface area contributed by atoms with E-state index < -0.39 is 0 Å². The minimum absolute atomic E-state index is 0.441. The van der Waals surface area contributed by atoms with E-state index >= 15 is 0 Å². The Morgan fingerprint density at radius 3 is 2.79 bits per heavy atom. The highest BCUT2D eigenvalue weighted by atomic mass is 79.9. The molecule has 6 heteroatoms. The van der Waals surface area contributed by atoms with Gasteiger partial charge < -0.3 is 5.73 Å². The number of nitrogen functional groups attached to an aromatic ring is 1. The molecule has 72 valence electrons. The van der Waals surface area contributed by atoms with Crippen molar-refractivity contribution in [3.63, 3.8) is 0 Å². The van der Waals surface area contributed by atoms with Crippen LogP contribution in [0.3, 0.4) is 0 Å². The van der Waals surface area contributed by atoms with Gasteiger partial charge in [-0.05, 0) is 18.2 Å². The summed E-state index contributed by atoms with van der Waals surface area (Å²) in [6, 6.07) is 5.57. The minimum Gasteiger partial charge on any atom is -0.374 e. The number of hydrogen-bond donors (Lipinski definition) is 1. The number of nitrogens with zero attached hydrogens (tertiary/aromatic N) is 2. The van der Waals surface area contributed by atoms with Crippen LogP contribution < -0.4 is 5.73 Å². The van der Waals surface area contributed by atoms with Crippen LogP contribution in [-0.4, -0.2) is 10.2 Å². The summed E-state index contributed by atoms with van der Waals surface area (Å²) in [5.41, 5.74) is 6.34. The Morgan fingerprint density at radius 1 is 1.36 bits per heavy atom. The fourth-order valence-electron chi connectivity index (χ4n) is 1.00. The molecule has 2 aromatic rings. The van der Waals surface area contributed by atoms with Crippen LogP contribution in [0, 0.1) is 0 Å². The predicted molar refractivity (Wildman–Crippen MR) is 62.5 cm³/mol. The summed E-state index contributed by atoms with van der Waals surface area (Å²) in [4.78, 5) is 0. The van der Waals surface area contributed by atoms with Crippen LogP contribution >= 0.6 is 38.9 Å². The normalized spacial score (nSPS) is 10.4. The number of nitrogens with two attached hydrogens (primary N) is 1. The summed E-state index contributed by atoms with van der Waals surface area (Å²) in [6.07, 6.45) is 0. The zero-order chi connectivity index (χ0) is 10.1. The SMILES string of the molecule is Nc1nnc(-c2cc(Br)ccc2Cl)s1. The third-order valence-electron chi connectivity index (χ3n) is 1.60. The maximum atomic E-state index is 6.02. The highest BCUT2D eigenvalue weighted by Gasteiger charge is 2.08. The summed E-state index contributed by atoms with van der Waals surface area (Å²) in [5.74, 6) is 0. The average Bonchev–Trinajstić information content (AvgIpc) is 2.56. The van der Waals surface area contributed by atoms with Crippen molar-refractivity contribution < 1.29 is 0 Å². The molecule has 0 atom stereocenters. The zero-order valence-corrected chi connectivity index (χ0v) is 10.0. The van der Waals surface area contributed by atoms with Gasteiger partial charge in [-0.3, -0.25) is 0 Å². The highest BCUT2D eigenvalue weighted by molar-refractivity contribution is 9.10. The first-order valence-electron chi connectivity index (χ1n) is 3.71. The molecule has 0 aliphatic carbocycles. The second-order valence-electron chi connectivity index (χ2n) is 2.57. The summed E-state index contributed by atoms with van der Waals surface area (Å²) in [6.45, 7) is 0. The van der Waals surface area contributed by atoms with Gasteiger partial charge in [0.2, 0.25) is 5.13 Å². The van der Waals surface area contributed by atoms with Gasteiger partial charge >= 0.3 is 0 Å². The summed E-state index contributed by atoms with van der Waals surface area (Å²) < 4.78 is 0.950. The predicted octanol–water partition coefficient (Wildman–Crippen LogP) is 3.20. The molecule has 0 saturated heterocycles. The van der Waals surface area contributed by atoms with E-state index in [0.29, 0.717) is 10.2 Å². The Bertz CT molecular complexity index is 471. The Morgan fingerprint density at radius 2 is 2.14 bits per heavy atom. The van der Waals surface area contributed by atoms with E-state index in [1.54, 1.807) is 6.07 Å². The van der Waals surface area contributed by atoms with Crippen molar-refractivity contribution in [3.8, 4) is 10.6 Å². The van der Waals surface area contributed by atoms with Gasteiger partial charge in [0.05, 0.1) is 5.02 Å². The molecule has 0 aliphatic heterocycles. The monoisotopic (exact) mass is 289 g/mol. The lowest BCUT2D eigenvalue weighted by atomic mass is 10.2. The molecule has 2 rings (SSSR count). The maximum Gasteiger partial charge on any atom is 0.203 e. The lowest BCUT2D eigenvalue weighted by Gasteiger charge is -1.99. The van der Waals surface area contributed by atoms with E-state index in [9.17, 15) is 0 Å². The van der Waals surface area contributed by atoms with E-state index in [1.165, 1.54) is 11.3 Å². The van der Waals surface area contributed by atoms with Gasteiger partial charge in [0.25, 0.3) is 0 Å². The van der Waals surface area contributed by atoms with Crippen LogP contribution in [0.4, 0.5) is 5.13 Å². The molecule has 0 spiro atoms. The molecule has 0 fully saturated rings. The second kappa shape index (κ2) is 3.84. The number of halogens is 2. The first-order chi connectivity index (χ1) is 6.66. The highest BCUT2D eigenvalue weighted by Crippen LogP contribution is 2.32. The second-order valence-corrected chi connectivity index (χ2v) is 4.90. The Kier molecular flexibility index (Phi) is 2.71. The van der Waals surface area contributed by atoms with Crippen LogP contribution in [0.1, 0.15) is 0 Å². The van der Waals surface area contributed by atoms with Gasteiger partial charge in [-0.1, -0.05) is 38.9 Å². The quantitative estimate of drug-likeness (QED) is 0.877. The van der Waals surface area contributed by atoms with Crippen LogP contribution in [0.5, 0.6) is 0 Å². The van der Waals surface area contributed by atoms with Gasteiger partial charge in [-0.2, -0.15) is 0 Å². The maximum absolute atomic E-state index is 6.02. The molecule has 2 N–H and O–H groups in total. The van der Waals surface area contributed by atoms with E-state index in [1.807, 2.05) is 12.1 Å². The number of anilines is 1. The van der Waals surface area contributed by atoms with Crippen molar-refractivity contribution in [1.29, 1.82) is 0 Å². The third-order valence-corrected chi connectivity index (χ3v) is 3.21. The molecule has 3 nitrogen and oxygen atoms in total. The molecule has 0 aliphatic rings. The molecular weight excluding hydrogens is 286 g/mol. The fourth-order valence-corrected chi connectivity index (χ4v) is 2.27. The number of benzene rings is 1. The topological polar surface area (TPSA) is 51.8 Å². The van der Waals surface area contributed by atoms with Gasteiger partial charge in [0.1, 0.15) is 0 Å². The zero-order valence-electron chi connectivity index (χ0n) is 6.87. The third kappa shape index (κ3) is 1.89. The molecule has 1 aromatic heterocycles. The molecule has 14 heavy (non-hydrogen) atoms. The lowest BCUT2D eigenvalue weighted by molar-refractivity contribution is 1.10. The number of rotatable bonds is 1. The molecule has 1 aromatic carbocycles. The van der Waals surface area contributed by atoms with Crippen molar-refractivity contribution in [3.05, 3.63) is 27.7 Å². The van der Waals surface area contributed by atoms with Crippen LogP contribution in [0.15, 0.2) is 22.7 Å². The van der Waals surface area contributed by atoms with Crippen LogP contribution in [-0.2, 0) is 0 Å². The first kappa shape index (κ1) is 9.89. The van der Waals surface area contributed by atoms with Crippen molar-refractivity contribution in [2.45, 2.75) is 0 Å². The molecule has 0 unspecified atom stereocenters. The van der Waals surface area contributed by atoms with Crippen LogP contribution in [0.2, 0.25) is 5.02 Å². The molecule has 1 heterocycles. The van der Waals surface area contributed by atoms with E-state index in [0.717, 1.165) is 15.0 Å². The van der Waals surface area contributed by atoms with Crippen molar-refractivity contribution in [1.82, 2.24) is 10.2 Å². The van der Waals surface area contributed by atoms with Gasteiger partial charge in [-0.15, -0.1) is 10.2 Å². The summed E-state index contributed by atoms with van der Waals surface area (Å²) >= 11 is 10.7. The standard InChI is InChI=1S/C8H5BrClN3S/c9-4-1-2-6(10)5(3-4)7-12-13-8(11)14-7/h1-3H,(H2,11,13). The molecule has 0 amide bonds.